The van der Waals surface area contributed by atoms with E-state index in [0.29, 0.717) is 25.6 Å². The van der Waals surface area contributed by atoms with Crippen LogP contribution >= 0.6 is 0 Å². The predicted molar refractivity (Wildman–Crippen MR) is 61.5 cm³/mol. The zero-order valence-corrected chi connectivity index (χ0v) is 10.2. The van der Waals surface area contributed by atoms with Crippen molar-refractivity contribution in [2.75, 3.05) is 13.2 Å². The first-order valence-corrected chi connectivity index (χ1v) is 5.60. The Morgan fingerprint density at radius 3 is 2.47 bits per heavy atom. The minimum absolute atomic E-state index is 0.00315. The van der Waals surface area contributed by atoms with E-state index in [0.717, 1.165) is 0 Å². The van der Waals surface area contributed by atoms with E-state index >= 15 is 0 Å². The molecule has 0 aromatic heterocycles. The summed E-state index contributed by atoms with van der Waals surface area (Å²) in [7, 11) is 0. The van der Waals surface area contributed by atoms with Crippen molar-refractivity contribution in [3.8, 4) is 0 Å². The molecular weight excluding hydrogens is 192 g/mol. The van der Waals surface area contributed by atoms with Crippen LogP contribution in [0.4, 0.5) is 0 Å². The quantitative estimate of drug-likeness (QED) is 0.664. The highest BCUT2D eigenvalue weighted by Gasteiger charge is 2.14. The summed E-state index contributed by atoms with van der Waals surface area (Å²) in [5, 5.41) is 2.86. The number of rotatable bonds is 7. The van der Waals surface area contributed by atoms with Gasteiger partial charge in [-0.2, -0.15) is 0 Å². The Kier molecular flexibility index (Phi) is 7.34. The lowest BCUT2D eigenvalue weighted by atomic mass is 10.0. The van der Waals surface area contributed by atoms with Crippen LogP contribution in [0.2, 0.25) is 0 Å². The molecule has 3 N–H and O–H groups in total. The molecule has 0 fully saturated rings. The van der Waals surface area contributed by atoms with Gasteiger partial charge in [0.15, 0.2) is 0 Å². The summed E-state index contributed by atoms with van der Waals surface area (Å²) in [5.41, 5.74) is 5.80. The summed E-state index contributed by atoms with van der Waals surface area (Å²) < 4.78 is 5.20. The molecule has 0 aromatic carbocycles. The second-order valence-electron chi connectivity index (χ2n) is 4.24. The number of nitrogens with two attached hydrogens (primary N) is 1. The third kappa shape index (κ3) is 7.33. The monoisotopic (exact) mass is 216 g/mol. The molecule has 0 rings (SSSR count). The second-order valence-corrected chi connectivity index (χ2v) is 4.24. The maximum absolute atomic E-state index is 11.5. The molecule has 4 nitrogen and oxygen atoms in total. The van der Waals surface area contributed by atoms with E-state index in [1.165, 1.54) is 0 Å². The summed E-state index contributed by atoms with van der Waals surface area (Å²) in [6.07, 6.45) is 0.383. The van der Waals surface area contributed by atoms with Crippen LogP contribution in [-0.2, 0) is 9.53 Å². The van der Waals surface area contributed by atoms with E-state index in [1.54, 1.807) is 0 Å². The van der Waals surface area contributed by atoms with Crippen molar-refractivity contribution in [3.05, 3.63) is 0 Å². The highest BCUT2D eigenvalue weighted by Crippen LogP contribution is 2.02. The van der Waals surface area contributed by atoms with Gasteiger partial charge in [-0.3, -0.25) is 4.79 Å². The fourth-order valence-corrected chi connectivity index (χ4v) is 1.12. The molecule has 0 aromatic rings. The Morgan fingerprint density at radius 2 is 2.00 bits per heavy atom. The highest BCUT2D eigenvalue weighted by atomic mass is 16.5. The average molecular weight is 216 g/mol. The molecule has 0 bridgehead atoms. The highest BCUT2D eigenvalue weighted by molar-refractivity contribution is 5.76. The summed E-state index contributed by atoms with van der Waals surface area (Å²) >= 11 is 0. The first-order chi connectivity index (χ1) is 6.97. The molecule has 0 heterocycles. The Bertz CT molecular complexity index is 183. The maximum atomic E-state index is 11.5. The fraction of sp³-hybridized carbons (Fsp3) is 0.909. The molecule has 0 saturated carbocycles. The zero-order valence-electron chi connectivity index (χ0n) is 10.2. The first kappa shape index (κ1) is 14.4. The van der Waals surface area contributed by atoms with Crippen LogP contribution in [0.5, 0.6) is 0 Å². The number of carbonyl (C=O) groups is 1. The lowest BCUT2D eigenvalue weighted by Gasteiger charge is -2.18. The number of carbonyl (C=O) groups excluding carboxylic acids is 1. The molecule has 0 saturated heterocycles. The third-order valence-corrected chi connectivity index (χ3v) is 2.26. The van der Waals surface area contributed by atoms with E-state index in [2.05, 4.69) is 5.32 Å². The lowest BCUT2D eigenvalue weighted by Crippen LogP contribution is -2.40. The van der Waals surface area contributed by atoms with Crippen LogP contribution < -0.4 is 11.1 Å². The van der Waals surface area contributed by atoms with Gasteiger partial charge in [0.25, 0.3) is 0 Å². The van der Waals surface area contributed by atoms with Gasteiger partial charge in [0, 0.05) is 25.1 Å². The maximum Gasteiger partial charge on any atom is 0.221 e. The Morgan fingerprint density at radius 1 is 1.40 bits per heavy atom. The predicted octanol–water partition coefficient (Wildman–Crippen LogP) is 0.901. The second kappa shape index (κ2) is 7.65. The van der Waals surface area contributed by atoms with Crippen LogP contribution in [0.25, 0.3) is 0 Å². The van der Waals surface area contributed by atoms with Gasteiger partial charge in [-0.25, -0.2) is 0 Å². The normalized spacial score (nSPS) is 15.1. The Balaban J connectivity index is 3.73. The molecule has 90 valence electrons. The molecule has 0 aliphatic carbocycles. The molecule has 2 unspecified atom stereocenters. The largest absolute Gasteiger partial charge is 0.380 e. The van der Waals surface area contributed by atoms with Crippen molar-refractivity contribution in [2.24, 2.45) is 11.7 Å². The van der Waals surface area contributed by atoms with Gasteiger partial charge in [-0.15, -0.1) is 0 Å². The molecular formula is C11H24N2O2. The van der Waals surface area contributed by atoms with Crippen molar-refractivity contribution in [3.63, 3.8) is 0 Å². The van der Waals surface area contributed by atoms with E-state index in [4.69, 9.17) is 10.5 Å². The minimum Gasteiger partial charge on any atom is -0.380 e. The standard InChI is InChI=1S/C11H24N2O2/c1-5-15-7-9(4)13-11(14)6-10(12)8(2)3/h8-10H,5-7,12H2,1-4H3,(H,13,14). The summed E-state index contributed by atoms with van der Waals surface area (Å²) in [6.45, 7) is 9.12. The molecule has 0 spiro atoms. The number of hydrogen-bond acceptors (Lipinski definition) is 3. The molecule has 2 atom stereocenters. The van der Waals surface area contributed by atoms with Crippen molar-refractivity contribution in [1.29, 1.82) is 0 Å². The molecule has 0 radical (unpaired) electrons. The van der Waals surface area contributed by atoms with Crippen molar-refractivity contribution in [2.45, 2.75) is 46.2 Å². The number of ether oxygens (including phenoxy) is 1. The van der Waals surface area contributed by atoms with E-state index in [9.17, 15) is 4.79 Å². The van der Waals surface area contributed by atoms with Crippen LogP contribution in [0.15, 0.2) is 0 Å². The van der Waals surface area contributed by atoms with Gasteiger partial charge in [0.2, 0.25) is 5.91 Å². The average Bonchev–Trinajstić information content (AvgIpc) is 2.14. The van der Waals surface area contributed by atoms with Gasteiger partial charge in [-0.1, -0.05) is 13.8 Å². The summed E-state index contributed by atoms with van der Waals surface area (Å²) in [6, 6.07) is -0.0129. The fourth-order valence-electron chi connectivity index (χ4n) is 1.12. The zero-order chi connectivity index (χ0) is 11.8. The molecule has 0 aliphatic rings. The van der Waals surface area contributed by atoms with Gasteiger partial charge in [0.05, 0.1) is 6.61 Å². The molecule has 1 amide bonds. The molecule has 0 aliphatic heterocycles. The van der Waals surface area contributed by atoms with E-state index < -0.39 is 0 Å². The number of nitrogens with one attached hydrogen (secondary N) is 1. The lowest BCUT2D eigenvalue weighted by molar-refractivity contribution is -0.122. The van der Waals surface area contributed by atoms with Gasteiger partial charge in [-0.05, 0) is 19.8 Å². The molecule has 15 heavy (non-hydrogen) atoms. The van der Waals surface area contributed by atoms with Crippen LogP contribution in [-0.4, -0.2) is 31.2 Å². The van der Waals surface area contributed by atoms with Crippen molar-refractivity contribution >= 4 is 5.91 Å². The minimum atomic E-state index is -0.0655. The summed E-state index contributed by atoms with van der Waals surface area (Å²) in [4.78, 5) is 11.5. The van der Waals surface area contributed by atoms with Gasteiger partial charge in [0.1, 0.15) is 0 Å². The Labute approximate surface area is 92.6 Å². The van der Waals surface area contributed by atoms with Gasteiger partial charge < -0.3 is 15.8 Å². The van der Waals surface area contributed by atoms with Crippen molar-refractivity contribution in [1.82, 2.24) is 5.32 Å². The van der Waals surface area contributed by atoms with E-state index in [1.807, 2.05) is 27.7 Å². The van der Waals surface area contributed by atoms with Crippen LogP contribution in [0.3, 0.4) is 0 Å². The number of amides is 1. The third-order valence-electron chi connectivity index (χ3n) is 2.26. The van der Waals surface area contributed by atoms with Crippen molar-refractivity contribution < 1.29 is 9.53 Å². The molecule has 4 heteroatoms. The SMILES string of the molecule is CCOCC(C)NC(=O)CC(N)C(C)C. The van der Waals surface area contributed by atoms with E-state index in [-0.39, 0.29) is 18.0 Å². The topological polar surface area (TPSA) is 64.3 Å². The Hall–Kier alpha value is -0.610. The van der Waals surface area contributed by atoms with Gasteiger partial charge >= 0.3 is 0 Å². The smallest absolute Gasteiger partial charge is 0.221 e. The number of hydrogen-bond donors (Lipinski definition) is 2. The first-order valence-electron chi connectivity index (χ1n) is 5.60. The van der Waals surface area contributed by atoms with Crippen LogP contribution in [0, 0.1) is 5.92 Å². The van der Waals surface area contributed by atoms with Crippen LogP contribution in [0.1, 0.15) is 34.1 Å². The summed E-state index contributed by atoms with van der Waals surface area (Å²) in [5.74, 6) is 0.335.